The average molecular weight is 434 g/mol. The fraction of sp³-hybridized carbons (Fsp3) is 0.286. The molecule has 2 N–H and O–H groups in total. The Labute approximate surface area is 183 Å². The van der Waals surface area contributed by atoms with Crippen molar-refractivity contribution >= 4 is 28.9 Å². The summed E-state index contributed by atoms with van der Waals surface area (Å²) in [6.45, 7) is 1.02. The lowest BCUT2D eigenvalue weighted by Crippen LogP contribution is -2.38. The van der Waals surface area contributed by atoms with E-state index in [-0.39, 0.29) is 6.04 Å². The summed E-state index contributed by atoms with van der Waals surface area (Å²) in [4.78, 5) is 25.9. The number of amides is 1. The molecule has 1 aliphatic heterocycles. The number of aromatic nitrogens is 6. The molecule has 1 fully saturated rings. The highest BCUT2D eigenvalue weighted by atomic mass is 16.5. The van der Waals surface area contributed by atoms with Gasteiger partial charge in [-0.3, -0.25) is 9.25 Å². The minimum Gasteiger partial charge on any atom is -0.497 e. The van der Waals surface area contributed by atoms with E-state index in [0.717, 1.165) is 30.0 Å². The molecule has 164 valence electrons. The summed E-state index contributed by atoms with van der Waals surface area (Å²) in [6.07, 6.45) is 7.61. The largest absolute Gasteiger partial charge is 0.497 e. The first-order chi connectivity index (χ1) is 15.6. The molecule has 1 aliphatic rings. The molecule has 5 rings (SSSR count). The molecule has 0 aliphatic carbocycles. The zero-order valence-corrected chi connectivity index (χ0v) is 17.4. The predicted molar refractivity (Wildman–Crippen MR) is 117 cm³/mol. The molecule has 0 radical (unpaired) electrons. The summed E-state index contributed by atoms with van der Waals surface area (Å²) in [7, 11) is 1.63. The van der Waals surface area contributed by atoms with Crippen molar-refractivity contribution in [2.75, 3.05) is 25.5 Å². The number of benzene rings is 1. The van der Waals surface area contributed by atoms with Crippen LogP contribution in [0, 0.1) is 0 Å². The summed E-state index contributed by atoms with van der Waals surface area (Å²) in [5.74, 6) is 1.22. The average Bonchev–Trinajstić information content (AvgIpc) is 3.46. The molecule has 0 bridgehead atoms. The van der Waals surface area contributed by atoms with E-state index in [1.807, 2.05) is 39.7 Å². The summed E-state index contributed by atoms with van der Waals surface area (Å²) < 4.78 is 8.99. The first-order valence-electron chi connectivity index (χ1n) is 10.2. The van der Waals surface area contributed by atoms with Crippen LogP contribution < -0.4 is 10.1 Å². The third-order valence-electron chi connectivity index (χ3n) is 5.61. The molecule has 1 saturated heterocycles. The van der Waals surface area contributed by atoms with E-state index in [4.69, 9.17) is 9.84 Å². The van der Waals surface area contributed by atoms with E-state index in [9.17, 15) is 4.79 Å². The quantitative estimate of drug-likeness (QED) is 0.491. The van der Waals surface area contributed by atoms with Crippen LogP contribution in [0.15, 0.2) is 49.2 Å². The number of nitrogens with zero attached hydrogens (tertiary/aromatic N) is 7. The summed E-state index contributed by atoms with van der Waals surface area (Å²) in [5.41, 5.74) is 3.05. The van der Waals surface area contributed by atoms with Crippen molar-refractivity contribution in [2.24, 2.45) is 0 Å². The number of methoxy groups -OCH3 is 1. The Morgan fingerprint density at radius 1 is 1.16 bits per heavy atom. The van der Waals surface area contributed by atoms with Gasteiger partial charge in [-0.2, -0.15) is 10.1 Å². The van der Waals surface area contributed by atoms with Crippen molar-refractivity contribution in [1.82, 2.24) is 34.2 Å². The number of hydrogen-bond acceptors (Lipinski definition) is 7. The van der Waals surface area contributed by atoms with Crippen LogP contribution in [-0.4, -0.2) is 65.6 Å². The van der Waals surface area contributed by atoms with Crippen LogP contribution in [0.4, 0.5) is 16.4 Å². The van der Waals surface area contributed by atoms with Crippen LogP contribution >= 0.6 is 0 Å². The van der Waals surface area contributed by atoms with E-state index >= 15 is 0 Å². The molecule has 11 heteroatoms. The van der Waals surface area contributed by atoms with Crippen LogP contribution in [0.5, 0.6) is 5.75 Å². The third-order valence-corrected chi connectivity index (χ3v) is 5.61. The van der Waals surface area contributed by atoms with Crippen molar-refractivity contribution < 1.29 is 14.6 Å². The minimum atomic E-state index is -0.868. The Bertz CT molecular complexity index is 1240. The van der Waals surface area contributed by atoms with Crippen LogP contribution in [0.25, 0.3) is 16.9 Å². The van der Waals surface area contributed by atoms with Gasteiger partial charge in [-0.1, -0.05) is 0 Å². The first-order valence-corrected chi connectivity index (χ1v) is 10.2. The molecular formula is C21H22N8O3. The van der Waals surface area contributed by atoms with E-state index in [2.05, 4.69) is 25.4 Å². The number of carboxylic acid groups (broad SMARTS) is 1. The molecule has 4 heterocycles. The van der Waals surface area contributed by atoms with Gasteiger partial charge in [0, 0.05) is 25.0 Å². The van der Waals surface area contributed by atoms with Gasteiger partial charge < -0.3 is 20.1 Å². The van der Waals surface area contributed by atoms with E-state index in [1.165, 1.54) is 4.90 Å². The van der Waals surface area contributed by atoms with Crippen LogP contribution in [0.1, 0.15) is 18.9 Å². The number of rotatable bonds is 5. The van der Waals surface area contributed by atoms with Crippen molar-refractivity contribution in [1.29, 1.82) is 0 Å². The number of carbonyl (C=O) groups is 1. The number of hydrogen-bond donors (Lipinski definition) is 2. The third kappa shape index (κ3) is 3.80. The maximum atomic E-state index is 11.1. The molecule has 3 aromatic heterocycles. The molecule has 1 amide bonds. The topological polar surface area (TPSA) is 123 Å². The Hall–Kier alpha value is -4.15. The van der Waals surface area contributed by atoms with Gasteiger partial charge in [0.2, 0.25) is 5.95 Å². The molecule has 0 atom stereocenters. The Balaban J connectivity index is 1.33. The van der Waals surface area contributed by atoms with E-state index < -0.39 is 6.09 Å². The highest BCUT2D eigenvalue weighted by molar-refractivity contribution is 5.74. The molecule has 0 unspecified atom stereocenters. The summed E-state index contributed by atoms with van der Waals surface area (Å²) in [5, 5.41) is 16.7. The van der Waals surface area contributed by atoms with Crippen molar-refractivity contribution in [3.05, 3.63) is 49.2 Å². The zero-order valence-electron chi connectivity index (χ0n) is 17.4. The zero-order chi connectivity index (χ0) is 22.1. The van der Waals surface area contributed by atoms with Gasteiger partial charge in [0.25, 0.3) is 0 Å². The SMILES string of the molecule is COc1ccc(-n2cnc3cnc(Nc4cnn(C5CCN(C(=O)O)CC5)c4)nc32)cc1. The highest BCUT2D eigenvalue weighted by Gasteiger charge is 2.24. The van der Waals surface area contributed by atoms with E-state index in [1.54, 1.807) is 25.8 Å². The number of piperidine rings is 1. The van der Waals surface area contributed by atoms with Crippen LogP contribution in [0.3, 0.4) is 0 Å². The van der Waals surface area contributed by atoms with Gasteiger partial charge in [0.05, 0.1) is 31.2 Å². The fourth-order valence-electron chi connectivity index (χ4n) is 3.85. The summed E-state index contributed by atoms with van der Waals surface area (Å²) >= 11 is 0. The van der Waals surface area contributed by atoms with Crippen LogP contribution in [-0.2, 0) is 0 Å². The second-order valence-corrected chi connectivity index (χ2v) is 7.55. The number of nitrogens with one attached hydrogen (secondary N) is 1. The normalized spacial score (nSPS) is 14.6. The van der Waals surface area contributed by atoms with E-state index in [0.29, 0.717) is 30.2 Å². The van der Waals surface area contributed by atoms with Crippen molar-refractivity contribution in [3.8, 4) is 11.4 Å². The standard InChI is InChI=1S/C21H22N8O3/c1-32-17-4-2-15(3-5-17)28-13-23-18-11-22-20(26-19(18)28)25-14-10-24-29(12-14)16-6-8-27(9-7-16)21(30)31/h2-5,10-13,16H,6-9H2,1H3,(H,30,31)(H,22,25,26). The monoisotopic (exact) mass is 434 g/mol. The second-order valence-electron chi connectivity index (χ2n) is 7.55. The van der Waals surface area contributed by atoms with Gasteiger partial charge >= 0.3 is 6.09 Å². The highest BCUT2D eigenvalue weighted by Crippen LogP contribution is 2.25. The lowest BCUT2D eigenvalue weighted by molar-refractivity contribution is 0.124. The van der Waals surface area contributed by atoms with Gasteiger partial charge in [0.15, 0.2) is 5.65 Å². The number of likely N-dealkylation sites (tertiary alicyclic amines) is 1. The fourth-order valence-corrected chi connectivity index (χ4v) is 3.85. The maximum absolute atomic E-state index is 11.1. The molecular weight excluding hydrogens is 412 g/mol. The molecule has 0 saturated carbocycles. The number of imidazole rings is 1. The van der Waals surface area contributed by atoms with Gasteiger partial charge in [-0.15, -0.1) is 0 Å². The Kier molecular flexibility index (Phi) is 5.06. The Morgan fingerprint density at radius 3 is 2.66 bits per heavy atom. The smallest absolute Gasteiger partial charge is 0.407 e. The Morgan fingerprint density at radius 2 is 1.94 bits per heavy atom. The predicted octanol–water partition coefficient (Wildman–Crippen LogP) is 3.08. The number of fused-ring (bicyclic) bond motifs is 1. The second kappa shape index (κ2) is 8.17. The minimum absolute atomic E-state index is 0.168. The number of ether oxygens (including phenoxy) is 1. The molecule has 11 nitrogen and oxygen atoms in total. The summed E-state index contributed by atoms with van der Waals surface area (Å²) in [6, 6.07) is 7.82. The van der Waals surface area contributed by atoms with Gasteiger partial charge in [-0.25, -0.2) is 14.8 Å². The van der Waals surface area contributed by atoms with Crippen LogP contribution in [0.2, 0.25) is 0 Å². The molecule has 32 heavy (non-hydrogen) atoms. The molecule has 4 aromatic rings. The van der Waals surface area contributed by atoms with Crippen molar-refractivity contribution in [2.45, 2.75) is 18.9 Å². The molecule has 1 aromatic carbocycles. The van der Waals surface area contributed by atoms with Gasteiger partial charge in [-0.05, 0) is 37.1 Å². The molecule has 0 spiro atoms. The number of anilines is 2. The van der Waals surface area contributed by atoms with Gasteiger partial charge in [0.1, 0.15) is 17.6 Å². The lowest BCUT2D eigenvalue weighted by atomic mass is 10.1. The lowest BCUT2D eigenvalue weighted by Gasteiger charge is -2.29. The maximum Gasteiger partial charge on any atom is 0.407 e. The van der Waals surface area contributed by atoms with Crippen molar-refractivity contribution in [3.63, 3.8) is 0 Å². The first kappa shape index (κ1) is 19.8.